The van der Waals surface area contributed by atoms with Gasteiger partial charge in [0.25, 0.3) is 5.82 Å². The number of hydrogen-bond donors (Lipinski definition) is 0. The number of rotatable bonds is 26. The van der Waals surface area contributed by atoms with Crippen molar-refractivity contribution in [2.45, 2.75) is 188 Å². The van der Waals surface area contributed by atoms with E-state index in [1.165, 1.54) is 173 Å². The van der Waals surface area contributed by atoms with Gasteiger partial charge in [-0.2, -0.15) is 0 Å². The van der Waals surface area contributed by atoms with Gasteiger partial charge < -0.3 is 0 Å². The van der Waals surface area contributed by atoms with Gasteiger partial charge in [0.2, 0.25) is 0 Å². The molecule has 2 nitrogen and oxygen atoms in total. The largest absolute Gasteiger partial charge is 0.253 e. The van der Waals surface area contributed by atoms with Crippen LogP contribution in [0.3, 0.4) is 0 Å². The number of nitrogens with zero attached hydrogens (tertiary/aromatic N) is 2. The van der Waals surface area contributed by atoms with E-state index in [1.54, 1.807) is 0 Å². The predicted octanol–water partition coefficient (Wildman–Crippen LogP) is 10.5. The van der Waals surface area contributed by atoms with E-state index in [1.807, 2.05) is 0 Å². The molecule has 1 heterocycles. The van der Waals surface area contributed by atoms with Gasteiger partial charge in [-0.1, -0.05) is 142 Å². The zero-order chi connectivity index (χ0) is 24.5. The molecule has 1 rings (SSSR count). The minimum absolute atomic E-state index is 1.20. The molecule has 0 atom stereocenters. The van der Waals surface area contributed by atoms with Gasteiger partial charge in [-0.3, -0.25) is 0 Å². The van der Waals surface area contributed by atoms with Crippen LogP contribution in [0.1, 0.15) is 174 Å². The molecule has 2 heteroatoms. The Labute approximate surface area is 215 Å². The summed E-state index contributed by atoms with van der Waals surface area (Å²) in [6.07, 6.45) is 38.9. The smallest absolute Gasteiger partial charge is 0.234 e. The zero-order valence-electron chi connectivity index (χ0n) is 23.9. The second-order valence-corrected chi connectivity index (χ2v) is 11.0. The normalized spacial score (nSPS) is 11.5. The summed E-state index contributed by atoms with van der Waals surface area (Å²) in [7, 11) is 0. The van der Waals surface area contributed by atoms with Crippen molar-refractivity contribution in [3.63, 3.8) is 0 Å². The second kappa shape index (κ2) is 23.9. The SMILES string of the molecule is CCCCCCCCCCCCCCCn1cc[n+](CCCCCCCCCCCCC)c1C. The third kappa shape index (κ3) is 17.6. The lowest BCUT2D eigenvalue weighted by molar-refractivity contribution is -0.702. The third-order valence-corrected chi connectivity index (χ3v) is 7.76. The Morgan fingerprint density at radius 3 is 1.26 bits per heavy atom. The summed E-state index contributed by atoms with van der Waals surface area (Å²) in [4.78, 5) is 0. The van der Waals surface area contributed by atoms with E-state index in [4.69, 9.17) is 0 Å². The molecular formula is C32H63N2+. The van der Waals surface area contributed by atoms with E-state index in [9.17, 15) is 0 Å². The number of aryl methyl sites for hydroxylation is 2. The highest BCUT2D eigenvalue weighted by Gasteiger charge is 2.11. The van der Waals surface area contributed by atoms with Gasteiger partial charge in [0.05, 0.1) is 13.1 Å². The molecule has 0 fully saturated rings. The van der Waals surface area contributed by atoms with Gasteiger partial charge in [-0.05, 0) is 25.7 Å². The van der Waals surface area contributed by atoms with Crippen molar-refractivity contribution >= 4 is 0 Å². The Kier molecular flexibility index (Phi) is 22.0. The summed E-state index contributed by atoms with van der Waals surface area (Å²) in [5, 5.41) is 0. The highest BCUT2D eigenvalue weighted by atomic mass is 15.1. The molecule has 0 aromatic carbocycles. The molecule has 0 radical (unpaired) electrons. The fourth-order valence-electron chi connectivity index (χ4n) is 5.26. The summed E-state index contributed by atoms with van der Waals surface area (Å²) < 4.78 is 4.97. The number of hydrogen-bond acceptors (Lipinski definition) is 0. The molecule has 0 N–H and O–H groups in total. The molecule has 0 aliphatic carbocycles. The van der Waals surface area contributed by atoms with Crippen LogP contribution in [-0.4, -0.2) is 4.57 Å². The summed E-state index contributed by atoms with van der Waals surface area (Å²) in [5.74, 6) is 1.45. The van der Waals surface area contributed by atoms with Crippen molar-refractivity contribution in [2.24, 2.45) is 0 Å². The van der Waals surface area contributed by atoms with Crippen LogP contribution in [0, 0.1) is 6.92 Å². The second-order valence-electron chi connectivity index (χ2n) is 11.0. The van der Waals surface area contributed by atoms with E-state index in [2.05, 4.69) is 42.3 Å². The minimum Gasteiger partial charge on any atom is -0.234 e. The molecule has 200 valence electrons. The van der Waals surface area contributed by atoms with Crippen LogP contribution in [0.2, 0.25) is 0 Å². The molecule has 0 spiro atoms. The van der Waals surface area contributed by atoms with Crippen LogP contribution >= 0.6 is 0 Å². The van der Waals surface area contributed by atoms with Gasteiger partial charge in [0.1, 0.15) is 12.4 Å². The predicted molar refractivity (Wildman–Crippen MR) is 152 cm³/mol. The first-order valence-corrected chi connectivity index (χ1v) is 15.8. The highest BCUT2D eigenvalue weighted by Crippen LogP contribution is 2.13. The molecule has 0 saturated carbocycles. The first-order valence-electron chi connectivity index (χ1n) is 15.8. The third-order valence-electron chi connectivity index (χ3n) is 7.76. The van der Waals surface area contributed by atoms with Crippen molar-refractivity contribution in [1.29, 1.82) is 0 Å². The van der Waals surface area contributed by atoms with Crippen LogP contribution in [0.5, 0.6) is 0 Å². The van der Waals surface area contributed by atoms with Gasteiger partial charge in [-0.25, -0.2) is 9.13 Å². The van der Waals surface area contributed by atoms with E-state index >= 15 is 0 Å². The standard InChI is InChI=1S/C32H63N2/c1-4-6-8-10-12-14-16-17-19-21-23-25-27-29-34-31-30-33(32(34)3)28-26-24-22-20-18-15-13-11-9-7-5-2/h30-31H,4-29H2,1-3H3/q+1. The molecule has 1 aromatic rings. The Morgan fingerprint density at radius 1 is 0.500 bits per heavy atom. The first kappa shape index (κ1) is 31.2. The maximum Gasteiger partial charge on any atom is 0.253 e. The van der Waals surface area contributed by atoms with Crippen molar-refractivity contribution in [1.82, 2.24) is 4.57 Å². The van der Waals surface area contributed by atoms with Gasteiger partial charge in [0.15, 0.2) is 0 Å². The Balaban J connectivity index is 1.92. The summed E-state index contributed by atoms with van der Waals surface area (Å²) in [6, 6.07) is 0. The van der Waals surface area contributed by atoms with E-state index < -0.39 is 0 Å². The van der Waals surface area contributed by atoms with Crippen LogP contribution in [0.4, 0.5) is 0 Å². The van der Waals surface area contributed by atoms with Crippen LogP contribution in [0.25, 0.3) is 0 Å². The lowest BCUT2D eigenvalue weighted by atomic mass is 10.0. The quantitative estimate of drug-likeness (QED) is 0.0930. The van der Waals surface area contributed by atoms with E-state index in [0.717, 1.165) is 0 Å². The summed E-state index contributed by atoms with van der Waals surface area (Å²) >= 11 is 0. The molecule has 0 bridgehead atoms. The number of unbranched alkanes of at least 4 members (excludes halogenated alkanes) is 22. The fraction of sp³-hybridized carbons (Fsp3) is 0.906. The monoisotopic (exact) mass is 475 g/mol. The molecular weight excluding hydrogens is 412 g/mol. The minimum atomic E-state index is 1.20. The highest BCUT2D eigenvalue weighted by molar-refractivity contribution is 4.79. The average molecular weight is 476 g/mol. The fourth-order valence-corrected chi connectivity index (χ4v) is 5.26. The van der Waals surface area contributed by atoms with Crippen molar-refractivity contribution < 1.29 is 4.57 Å². The van der Waals surface area contributed by atoms with Gasteiger partial charge >= 0.3 is 0 Å². The molecule has 0 saturated heterocycles. The van der Waals surface area contributed by atoms with Gasteiger partial charge in [0, 0.05) is 6.92 Å². The maximum absolute atomic E-state index is 2.48. The topological polar surface area (TPSA) is 8.81 Å². The van der Waals surface area contributed by atoms with Crippen LogP contribution < -0.4 is 4.57 Å². The molecule has 0 amide bonds. The van der Waals surface area contributed by atoms with Crippen LogP contribution in [0.15, 0.2) is 12.4 Å². The Hall–Kier alpha value is -0.790. The molecule has 1 aromatic heterocycles. The van der Waals surface area contributed by atoms with Crippen molar-refractivity contribution in [3.05, 3.63) is 18.2 Å². The average Bonchev–Trinajstić information content (AvgIpc) is 3.19. The summed E-state index contributed by atoms with van der Waals surface area (Å²) in [5.41, 5.74) is 0. The maximum atomic E-state index is 2.48. The Bertz CT molecular complexity index is 533. The lowest BCUT2D eigenvalue weighted by Crippen LogP contribution is -2.35. The lowest BCUT2D eigenvalue weighted by Gasteiger charge is -2.04. The van der Waals surface area contributed by atoms with Gasteiger partial charge in [-0.15, -0.1) is 0 Å². The molecule has 0 aliphatic heterocycles. The Morgan fingerprint density at radius 2 is 0.853 bits per heavy atom. The molecule has 0 aliphatic rings. The summed E-state index contributed by atoms with van der Waals surface area (Å²) in [6.45, 7) is 9.32. The molecule has 34 heavy (non-hydrogen) atoms. The first-order chi connectivity index (χ1) is 16.8. The van der Waals surface area contributed by atoms with E-state index in [-0.39, 0.29) is 0 Å². The zero-order valence-corrected chi connectivity index (χ0v) is 23.9. The van der Waals surface area contributed by atoms with Crippen LogP contribution in [-0.2, 0) is 13.1 Å². The molecule has 0 unspecified atom stereocenters. The van der Waals surface area contributed by atoms with Crippen molar-refractivity contribution in [3.8, 4) is 0 Å². The van der Waals surface area contributed by atoms with Crippen molar-refractivity contribution in [2.75, 3.05) is 0 Å². The number of imidazole rings is 1. The van der Waals surface area contributed by atoms with E-state index in [0.29, 0.717) is 0 Å². The number of aromatic nitrogens is 2.